The molecule has 2 N–H and O–H groups in total. The molecule has 0 unspecified atom stereocenters. The molecule has 0 heterocycles. The minimum absolute atomic E-state index is 0.226. The number of benzene rings is 1. The van der Waals surface area contributed by atoms with Crippen LogP contribution in [-0.2, 0) is 15.2 Å². The molecule has 16 heavy (non-hydrogen) atoms. The van der Waals surface area contributed by atoms with Crippen LogP contribution in [0.15, 0.2) is 21.5 Å². The van der Waals surface area contributed by atoms with Crippen LogP contribution in [0.5, 0.6) is 0 Å². The molecule has 0 aliphatic carbocycles. The number of hydrogen-bond donors (Lipinski definition) is 1. The monoisotopic (exact) mass is 337 g/mol. The lowest BCUT2D eigenvalue weighted by Gasteiger charge is -2.14. The van der Waals surface area contributed by atoms with E-state index in [1.54, 1.807) is 0 Å². The van der Waals surface area contributed by atoms with Crippen LogP contribution in [0, 0.1) is 0 Å². The zero-order valence-corrected chi connectivity index (χ0v) is 10.5. The third kappa shape index (κ3) is 2.61. The maximum atomic E-state index is 12.6. The van der Waals surface area contributed by atoms with E-state index in [4.69, 9.17) is 16.4 Å². The molecular weight excluding hydrogens is 334 g/mol. The highest BCUT2D eigenvalue weighted by molar-refractivity contribution is 9.10. The highest BCUT2D eigenvalue weighted by atomic mass is 79.9. The van der Waals surface area contributed by atoms with E-state index in [1.807, 2.05) is 0 Å². The molecule has 3 nitrogen and oxygen atoms in total. The summed E-state index contributed by atoms with van der Waals surface area (Å²) in [5, 5.41) is 0. The van der Waals surface area contributed by atoms with Crippen LogP contribution >= 0.6 is 26.6 Å². The van der Waals surface area contributed by atoms with Crippen LogP contribution in [0.4, 0.5) is 18.9 Å². The number of alkyl halides is 3. The van der Waals surface area contributed by atoms with Gasteiger partial charge in [-0.15, -0.1) is 0 Å². The predicted molar refractivity (Wildman–Crippen MR) is 56.6 cm³/mol. The van der Waals surface area contributed by atoms with Gasteiger partial charge >= 0.3 is 6.18 Å². The average molecular weight is 339 g/mol. The quantitative estimate of drug-likeness (QED) is 0.632. The largest absolute Gasteiger partial charge is 0.418 e. The second-order valence-electron chi connectivity index (χ2n) is 2.78. The number of anilines is 1. The van der Waals surface area contributed by atoms with Gasteiger partial charge in [-0.2, -0.15) is 13.2 Å². The van der Waals surface area contributed by atoms with Crippen molar-refractivity contribution < 1.29 is 21.6 Å². The maximum Gasteiger partial charge on any atom is 0.418 e. The molecule has 0 aliphatic rings. The van der Waals surface area contributed by atoms with Crippen LogP contribution in [0.3, 0.4) is 0 Å². The summed E-state index contributed by atoms with van der Waals surface area (Å²) in [4.78, 5) is -1.03. The molecule has 0 aliphatic heterocycles. The number of halogens is 5. The van der Waals surface area contributed by atoms with E-state index < -0.39 is 30.2 Å². The lowest BCUT2D eigenvalue weighted by molar-refractivity contribution is -0.140. The molecule has 0 spiro atoms. The minimum atomic E-state index is -4.87. The first kappa shape index (κ1) is 13.6. The van der Waals surface area contributed by atoms with Gasteiger partial charge in [-0.1, -0.05) is 0 Å². The van der Waals surface area contributed by atoms with E-state index in [0.717, 1.165) is 6.07 Å². The fourth-order valence-corrected chi connectivity index (χ4v) is 2.82. The van der Waals surface area contributed by atoms with Gasteiger partial charge < -0.3 is 5.73 Å². The summed E-state index contributed by atoms with van der Waals surface area (Å²) in [6, 6.07) is 1.74. The van der Waals surface area contributed by atoms with Crippen LogP contribution in [0.25, 0.3) is 0 Å². The Morgan fingerprint density at radius 1 is 1.31 bits per heavy atom. The number of nitrogens with two attached hydrogens (primary N) is 1. The maximum absolute atomic E-state index is 12.6. The average Bonchev–Trinajstić information content (AvgIpc) is 2.05. The van der Waals surface area contributed by atoms with E-state index in [9.17, 15) is 21.6 Å². The molecule has 0 atom stereocenters. The van der Waals surface area contributed by atoms with Gasteiger partial charge in [-0.05, 0) is 28.1 Å². The summed E-state index contributed by atoms with van der Waals surface area (Å²) in [6.07, 6.45) is -4.87. The zero-order valence-electron chi connectivity index (χ0n) is 7.35. The van der Waals surface area contributed by atoms with Crippen LogP contribution in [0.1, 0.15) is 5.56 Å². The molecule has 0 bridgehead atoms. The van der Waals surface area contributed by atoms with Crippen molar-refractivity contribution >= 4 is 41.4 Å². The van der Waals surface area contributed by atoms with Crippen molar-refractivity contribution in [3.05, 3.63) is 22.2 Å². The molecule has 0 saturated heterocycles. The SMILES string of the molecule is Nc1ccc(S(=O)(=O)Cl)c(C(F)(F)F)c1Br. The summed E-state index contributed by atoms with van der Waals surface area (Å²) in [6.45, 7) is 0. The molecule has 0 radical (unpaired) electrons. The van der Waals surface area contributed by atoms with Gasteiger partial charge in [0.25, 0.3) is 9.05 Å². The van der Waals surface area contributed by atoms with Crippen LogP contribution < -0.4 is 5.73 Å². The Hall–Kier alpha value is -0.470. The lowest BCUT2D eigenvalue weighted by atomic mass is 10.2. The van der Waals surface area contributed by atoms with Crippen LogP contribution in [0.2, 0.25) is 0 Å². The van der Waals surface area contributed by atoms with Crippen molar-refractivity contribution in [1.29, 1.82) is 0 Å². The van der Waals surface area contributed by atoms with E-state index in [0.29, 0.717) is 6.07 Å². The summed E-state index contributed by atoms with van der Waals surface area (Å²) < 4.78 is 59.2. The zero-order chi connectivity index (χ0) is 12.7. The summed E-state index contributed by atoms with van der Waals surface area (Å²) in [5.74, 6) is 0. The molecule has 1 rings (SSSR count). The molecule has 1 aromatic carbocycles. The Kier molecular flexibility index (Phi) is 3.47. The Balaban J connectivity index is 3.73. The van der Waals surface area contributed by atoms with Gasteiger partial charge in [0, 0.05) is 16.4 Å². The van der Waals surface area contributed by atoms with Crippen LogP contribution in [-0.4, -0.2) is 8.42 Å². The molecule has 0 amide bonds. The second kappa shape index (κ2) is 4.08. The Bertz CT molecular complexity index is 529. The van der Waals surface area contributed by atoms with E-state index >= 15 is 0 Å². The first-order valence-electron chi connectivity index (χ1n) is 3.65. The number of hydrogen-bond acceptors (Lipinski definition) is 3. The first-order chi connectivity index (χ1) is 7.05. The van der Waals surface area contributed by atoms with Gasteiger partial charge in [0.2, 0.25) is 0 Å². The standard InChI is InChI=1S/C7H4BrClF3NO2S/c8-6-3(13)1-2-4(16(9,14)15)5(6)7(10,11)12/h1-2H,13H2. The van der Waals surface area contributed by atoms with Crippen molar-refractivity contribution in [3.63, 3.8) is 0 Å². The first-order valence-corrected chi connectivity index (χ1v) is 6.75. The van der Waals surface area contributed by atoms with Gasteiger partial charge in [0.15, 0.2) is 0 Å². The molecule has 1 aromatic rings. The van der Waals surface area contributed by atoms with Crippen molar-refractivity contribution in [2.75, 3.05) is 5.73 Å². The molecule has 9 heteroatoms. The molecule has 0 aromatic heterocycles. The fourth-order valence-electron chi connectivity index (χ4n) is 1.04. The second-order valence-corrected chi connectivity index (χ2v) is 6.10. The van der Waals surface area contributed by atoms with E-state index in [2.05, 4.69) is 15.9 Å². The third-order valence-electron chi connectivity index (χ3n) is 1.68. The van der Waals surface area contributed by atoms with Crippen molar-refractivity contribution in [3.8, 4) is 0 Å². The van der Waals surface area contributed by atoms with Gasteiger partial charge in [-0.3, -0.25) is 0 Å². The Morgan fingerprint density at radius 3 is 2.19 bits per heavy atom. The van der Waals surface area contributed by atoms with Gasteiger partial charge in [0.1, 0.15) is 0 Å². The van der Waals surface area contributed by atoms with Crippen molar-refractivity contribution in [2.45, 2.75) is 11.1 Å². The normalized spacial score (nSPS) is 12.8. The highest BCUT2D eigenvalue weighted by Crippen LogP contribution is 2.42. The summed E-state index contributed by atoms with van der Waals surface area (Å²) in [7, 11) is 0.415. The fraction of sp³-hybridized carbons (Fsp3) is 0.143. The summed E-state index contributed by atoms with van der Waals surface area (Å²) in [5.41, 5.74) is 3.62. The minimum Gasteiger partial charge on any atom is -0.398 e. The third-order valence-corrected chi connectivity index (χ3v) is 3.90. The van der Waals surface area contributed by atoms with Crippen molar-refractivity contribution in [2.24, 2.45) is 0 Å². The molecule has 90 valence electrons. The topological polar surface area (TPSA) is 60.2 Å². The Labute approximate surface area is 102 Å². The molecule has 0 fully saturated rings. The molecule has 0 saturated carbocycles. The Morgan fingerprint density at radius 2 is 1.81 bits per heavy atom. The smallest absolute Gasteiger partial charge is 0.398 e. The summed E-state index contributed by atoms with van der Waals surface area (Å²) >= 11 is 2.59. The number of rotatable bonds is 1. The van der Waals surface area contributed by atoms with Gasteiger partial charge in [-0.25, -0.2) is 8.42 Å². The van der Waals surface area contributed by atoms with E-state index in [-0.39, 0.29) is 5.69 Å². The highest BCUT2D eigenvalue weighted by Gasteiger charge is 2.39. The van der Waals surface area contributed by atoms with Gasteiger partial charge in [0.05, 0.1) is 14.9 Å². The molecular formula is C7H4BrClF3NO2S. The predicted octanol–water partition coefficient (Wildman–Crippen LogP) is 2.98. The van der Waals surface area contributed by atoms with E-state index in [1.165, 1.54) is 0 Å². The number of nitrogen functional groups attached to an aromatic ring is 1. The van der Waals surface area contributed by atoms with Crippen molar-refractivity contribution in [1.82, 2.24) is 0 Å². The lowest BCUT2D eigenvalue weighted by Crippen LogP contribution is -2.13.